The van der Waals surface area contributed by atoms with Crippen LogP contribution in [0.5, 0.6) is 0 Å². The zero-order valence-electron chi connectivity index (χ0n) is 10.5. The maximum absolute atomic E-state index is 8.92. The lowest BCUT2D eigenvalue weighted by Crippen LogP contribution is -2.09. The Morgan fingerprint density at radius 3 is 2.35 bits per heavy atom. The summed E-state index contributed by atoms with van der Waals surface area (Å²) < 4.78 is 0. The van der Waals surface area contributed by atoms with Gasteiger partial charge in [-0.05, 0) is 23.3 Å². The molecule has 0 unspecified atom stereocenters. The van der Waals surface area contributed by atoms with Crippen LogP contribution in [0.2, 0.25) is 5.02 Å². The van der Waals surface area contributed by atoms with Crippen molar-refractivity contribution in [1.29, 1.82) is 5.26 Å². The summed E-state index contributed by atoms with van der Waals surface area (Å²) in [7, 11) is 0. The monoisotopic (exact) mass is 298 g/mol. The van der Waals surface area contributed by atoms with E-state index in [2.05, 4.69) is 0 Å². The number of halogens is 1. The predicted octanol–water partition coefficient (Wildman–Crippen LogP) is 4.20. The van der Waals surface area contributed by atoms with E-state index < -0.39 is 0 Å². The van der Waals surface area contributed by atoms with Gasteiger partial charge in [0.25, 0.3) is 0 Å². The van der Waals surface area contributed by atoms with Gasteiger partial charge in [0.15, 0.2) is 0 Å². The minimum atomic E-state index is 0.0997. The van der Waals surface area contributed by atoms with Crippen molar-refractivity contribution in [3.8, 4) is 17.2 Å². The molecular formula is C16H11ClN2S. The first-order valence-electron chi connectivity index (χ1n) is 5.88. The van der Waals surface area contributed by atoms with E-state index in [1.54, 1.807) is 6.08 Å². The summed E-state index contributed by atoms with van der Waals surface area (Å²) in [6.07, 6.45) is 1.67. The average molecular weight is 299 g/mol. The van der Waals surface area contributed by atoms with Crippen LogP contribution in [0.1, 0.15) is 5.56 Å². The number of thiocarbonyl (C=S) groups is 1. The highest BCUT2D eigenvalue weighted by Crippen LogP contribution is 2.27. The van der Waals surface area contributed by atoms with E-state index in [1.165, 1.54) is 0 Å². The Morgan fingerprint density at radius 2 is 1.80 bits per heavy atom. The summed E-state index contributed by atoms with van der Waals surface area (Å²) in [4.78, 5) is 0.0997. The van der Waals surface area contributed by atoms with Gasteiger partial charge in [0.2, 0.25) is 0 Å². The molecule has 0 aromatic heterocycles. The lowest BCUT2D eigenvalue weighted by Gasteiger charge is -2.04. The van der Waals surface area contributed by atoms with Crippen LogP contribution in [0.15, 0.2) is 54.1 Å². The summed E-state index contributed by atoms with van der Waals surface area (Å²) in [5.74, 6) is 0. The van der Waals surface area contributed by atoms with Gasteiger partial charge >= 0.3 is 0 Å². The lowest BCUT2D eigenvalue weighted by molar-refractivity contribution is 1.51. The summed E-state index contributed by atoms with van der Waals surface area (Å²) in [5.41, 5.74) is 8.61. The molecule has 0 aliphatic heterocycles. The molecule has 2 nitrogen and oxygen atoms in total. The smallest absolute Gasteiger partial charge is 0.114 e. The first-order chi connectivity index (χ1) is 9.61. The van der Waals surface area contributed by atoms with Crippen molar-refractivity contribution in [2.75, 3.05) is 0 Å². The normalized spacial score (nSPS) is 10.9. The van der Waals surface area contributed by atoms with Crippen LogP contribution >= 0.6 is 23.8 Å². The van der Waals surface area contributed by atoms with Gasteiger partial charge in [-0.1, -0.05) is 66.3 Å². The molecule has 2 aromatic rings. The Hall–Kier alpha value is -2.15. The highest BCUT2D eigenvalue weighted by molar-refractivity contribution is 7.80. The fourth-order valence-electron chi connectivity index (χ4n) is 1.78. The van der Waals surface area contributed by atoms with E-state index in [0.29, 0.717) is 10.6 Å². The number of hydrogen-bond acceptors (Lipinski definition) is 2. The van der Waals surface area contributed by atoms with Crippen LogP contribution in [-0.4, -0.2) is 4.99 Å². The van der Waals surface area contributed by atoms with Crippen LogP contribution in [0, 0.1) is 11.3 Å². The van der Waals surface area contributed by atoms with E-state index >= 15 is 0 Å². The average Bonchev–Trinajstić information content (AvgIpc) is 2.46. The van der Waals surface area contributed by atoms with Gasteiger partial charge in [0, 0.05) is 10.6 Å². The molecule has 0 saturated carbocycles. The van der Waals surface area contributed by atoms with Gasteiger partial charge in [-0.3, -0.25) is 0 Å². The molecule has 98 valence electrons. The van der Waals surface area contributed by atoms with Gasteiger partial charge in [-0.2, -0.15) is 5.26 Å². The number of benzene rings is 2. The van der Waals surface area contributed by atoms with Gasteiger partial charge in [0.05, 0.1) is 5.57 Å². The van der Waals surface area contributed by atoms with Crippen LogP contribution in [-0.2, 0) is 0 Å². The molecule has 2 rings (SSSR count). The third kappa shape index (κ3) is 3.24. The third-order valence-electron chi connectivity index (χ3n) is 2.79. The lowest BCUT2D eigenvalue weighted by atomic mass is 10.0. The molecule has 0 fully saturated rings. The maximum Gasteiger partial charge on any atom is 0.114 e. The zero-order valence-corrected chi connectivity index (χ0v) is 12.1. The standard InChI is InChI=1S/C16H11ClN2S/c17-15-4-2-1-3-14(15)12-7-5-11(6-8-12)9-13(10-18)16(19)20/h1-9H,(H2,19,20). The molecule has 0 spiro atoms. The first-order valence-corrected chi connectivity index (χ1v) is 6.67. The molecular weight excluding hydrogens is 288 g/mol. The van der Waals surface area contributed by atoms with Crippen molar-refractivity contribution < 1.29 is 0 Å². The summed E-state index contributed by atoms with van der Waals surface area (Å²) >= 11 is 11.0. The Kier molecular flexibility index (Phi) is 4.52. The summed E-state index contributed by atoms with van der Waals surface area (Å²) in [6, 6.07) is 17.3. The number of nitrogens with zero attached hydrogens (tertiary/aromatic N) is 1. The number of hydrogen-bond donors (Lipinski definition) is 1. The summed E-state index contributed by atoms with van der Waals surface area (Å²) in [5, 5.41) is 9.63. The van der Waals surface area contributed by atoms with Crippen molar-refractivity contribution in [2.45, 2.75) is 0 Å². The fraction of sp³-hybridized carbons (Fsp3) is 0. The number of nitriles is 1. The third-order valence-corrected chi connectivity index (χ3v) is 3.34. The van der Waals surface area contributed by atoms with Crippen LogP contribution in [0.3, 0.4) is 0 Å². The molecule has 0 atom stereocenters. The van der Waals surface area contributed by atoms with Crippen LogP contribution < -0.4 is 5.73 Å². The van der Waals surface area contributed by atoms with Gasteiger partial charge in [-0.25, -0.2) is 0 Å². The first kappa shape index (κ1) is 14.3. The highest BCUT2D eigenvalue weighted by Gasteiger charge is 2.03. The Labute approximate surface area is 128 Å². The zero-order chi connectivity index (χ0) is 14.5. The van der Waals surface area contributed by atoms with Gasteiger partial charge in [-0.15, -0.1) is 0 Å². The highest BCUT2D eigenvalue weighted by atomic mass is 35.5. The topological polar surface area (TPSA) is 49.8 Å². The van der Waals surface area contributed by atoms with Crippen molar-refractivity contribution in [2.24, 2.45) is 5.73 Å². The molecule has 2 aromatic carbocycles. The van der Waals surface area contributed by atoms with E-state index in [-0.39, 0.29) is 4.99 Å². The van der Waals surface area contributed by atoms with Crippen molar-refractivity contribution in [3.63, 3.8) is 0 Å². The van der Waals surface area contributed by atoms with E-state index in [1.807, 2.05) is 54.6 Å². The molecule has 0 aliphatic carbocycles. The van der Waals surface area contributed by atoms with Crippen LogP contribution in [0.4, 0.5) is 0 Å². The predicted molar refractivity (Wildman–Crippen MR) is 87.3 cm³/mol. The van der Waals surface area contributed by atoms with E-state index in [4.69, 9.17) is 34.8 Å². The Balaban J connectivity index is 2.35. The minimum Gasteiger partial charge on any atom is -0.389 e. The quantitative estimate of drug-likeness (QED) is 0.525. The van der Waals surface area contributed by atoms with Crippen LogP contribution in [0.25, 0.3) is 17.2 Å². The van der Waals surface area contributed by atoms with Crippen molar-refractivity contribution >= 4 is 34.9 Å². The molecule has 0 bridgehead atoms. The molecule has 0 heterocycles. The largest absolute Gasteiger partial charge is 0.389 e. The van der Waals surface area contributed by atoms with Crippen molar-refractivity contribution in [1.82, 2.24) is 0 Å². The molecule has 0 saturated heterocycles. The van der Waals surface area contributed by atoms with Gasteiger partial charge in [0.1, 0.15) is 11.1 Å². The molecule has 0 radical (unpaired) electrons. The van der Waals surface area contributed by atoms with Gasteiger partial charge < -0.3 is 5.73 Å². The van der Waals surface area contributed by atoms with Crippen molar-refractivity contribution in [3.05, 3.63) is 64.7 Å². The minimum absolute atomic E-state index is 0.0997. The van der Waals surface area contributed by atoms with E-state index in [0.717, 1.165) is 16.7 Å². The summed E-state index contributed by atoms with van der Waals surface area (Å²) in [6.45, 7) is 0. The molecule has 2 N–H and O–H groups in total. The molecule has 20 heavy (non-hydrogen) atoms. The van der Waals surface area contributed by atoms with E-state index in [9.17, 15) is 0 Å². The number of nitrogens with two attached hydrogens (primary N) is 1. The number of rotatable bonds is 3. The molecule has 0 aliphatic rings. The Bertz CT molecular complexity index is 712. The maximum atomic E-state index is 8.92. The second-order valence-corrected chi connectivity index (χ2v) is 4.98. The fourth-order valence-corrected chi connectivity index (χ4v) is 2.13. The molecule has 4 heteroatoms. The molecule has 0 amide bonds. The second-order valence-electron chi connectivity index (χ2n) is 4.14. The second kappa shape index (κ2) is 6.33. The SMILES string of the molecule is N#CC(=Cc1ccc(-c2ccccc2Cl)cc1)C(N)=S. The Morgan fingerprint density at radius 1 is 1.15 bits per heavy atom.